The predicted molar refractivity (Wildman–Crippen MR) is 96.8 cm³/mol. The van der Waals surface area contributed by atoms with E-state index < -0.39 is 23.9 Å². The minimum absolute atomic E-state index is 0.160. The number of nitrogens with zero attached hydrogens (tertiary/aromatic N) is 1. The summed E-state index contributed by atoms with van der Waals surface area (Å²) in [4.78, 5) is 26.2. The van der Waals surface area contributed by atoms with E-state index in [0.717, 1.165) is 0 Å². The molecule has 1 heterocycles. The third kappa shape index (κ3) is 5.59. The van der Waals surface area contributed by atoms with Gasteiger partial charge in [-0.05, 0) is 31.0 Å². The van der Waals surface area contributed by atoms with Gasteiger partial charge in [0.1, 0.15) is 11.9 Å². The molecule has 0 aromatic heterocycles. The van der Waals surface area contributed by atoms with Crippen LogP contribution in [0.2, 0.25) is 0 Å². The molecule has 2 amide bonds. The molecule has 1 saturated heterocycles. The van der Waals surface area contributed by atoms with Crippen molar-refractivity contribution in [2.45, 2.75) is 26.8 Å². The Labute approximate surface area is 152 Å². The highest BCUT2D eigenvalue weighted by molar-refractivity contribution is 5.97. The fourth-order valence-electron chi connectivity index (χ4n) is 2.71. The zero-order chi connectivity index (χ0) is 19.1. The molecule has 0 saturated carbocycles. The van der Waals surface area contributed by atoms with Gasteiger partial charge in [0.15, 0.2) is 0 Å². The third-order valence-electron chi connectivity index (χ3n) is 4.02. The van der Waals surface area contributed by atoms with Crippen molar-refractivity contribution in [3.63, 3.8) is 0 Å². The number of nitrogens with one attached hydrogen (secondary N) is 2. The van der Waals surface area contributed by atoms with Crippen molar-refractivity contribution in [1.29, 1.82) is 0 Å². The molecule has 2 rings (SSSR count). The molecule has 1 unspecified atom stereocenters. The molecule has 1 aliphatic heterocycles. The third-order valence-corrected chi connectivity index (χ3v) is 4.02. The Bertz CT molecular complexity index is 633. The van der Waals surface area contributed by atoms with Gasteiger partial charge in [0.25, 0.3) is 0 Å². The minimum Gasteiger partial charge on any atom is -0.450 e. The number of carbonyl (C=O) groups is 2. The van der Waals surface area contributed by atoms with Crippen molar-refractivity contribution in [2.24, 2.45) is 5.92 Å². The lowest BCUT2D eigenvalue weighted by molar-refractivity contribution is -0.119. The van der Waals surface area contributed by atoms with Crippen LogP contribution in [0.5, 0.6) is 0 Å². The first-order valence-electron chi connectivity index (χ1n) is 8.78. The molecule has 0 spiro atoms. The van der Waals surface area contributed by atoms with Crippen molar-refractivity contribution in [2.75, 3.05) is 43.1 Å². The van der Waals surface area contributed by atoms with Crippen LogP contribution in [-0.4, -0.2) is 51.0 Å². The molecule has 0 radical (unpaired) electrons. The SMILES string of the molecule is CCOC(=O)NC(C(=O)Nc1cc(F)cc(N2CCOCC2)c1)C(C)C. The second-order valence-electron chi connectivity index (χ2n) is 6.37. The average Bonchev–Trinajstić information content (AvgIpc) is 2.60. The topological polar surface area (TPSA) is 79.9 Å². The monoisotopic (exact) mass is 367 g/mol. The van der Waals surface area contributed by atoms with Crippen LogP contribution in [0.15, 0.2) is 18.2 Å². The summed E-state index contributed by atoms with van der Waals surface area (Å²) in [6.07, 6.45) is -0.658. The van der Waals surface area contributed by atoms with Crippen molar-refractivity contribution >= 4 is 23.4 Å². The molecule has 0 bridgehead atoms. The van der Waals surface area contributed by atoms with E-state index in [1.807, 2.05) is 4.90 Å². The average molecular weight is 367 g/mol. The molecule has 1 atom stereocenters. The summed E-state index contributed by atoms with van der Waals surface area (Å²) in [5.41, 5.74) is 1.02. The fourth-order valence-corrected chi connectivity index (χ4v) is 2.71. The second-order valence-corrected chi connectivity index (χ2v) is 6.37. The van der Waals surface area contributed by atoms with E-state index in [0.29, 0.717) is 37.7 Å². The Morgan fingerprint density at radius 1 is 1.27 bits per heavy atom. The quantitative estimate of drug-likeness (QED) is 0.807. The Balaban J connectivity index is 2.10. The molecule has 1 aromatic rings. The Hall–Kier alpha value is -2.35. The number of benzene rings is 1. The van der Waals surface area contributed by atoms with Gasteiger partial charge >= 0.3 is 6.09 Å². The lowest BCUT2D eigenvalue weighted by Gasteiger charge is -2.29. The first-order valence-corrected chi connectivity index (χ1v) is 8.78. The van der Waals surface area contributed by atoms with Gasteiger partial charge in [-0.15, -0.1) is 0 Å². The zero-order valence-corrected chi connectivity index (χ0v) is 15.4. The highest BCUT2D eigenvalue weighted by Gasteiger charge is 2.25. The van der Waals surface area contributed by atoms with Crippen molar-refractivity contribution in [3.8, 4) is 0 Å². The van der Waals surface area contributed by atoms with Crippen LogP contribution in [0.4, 0.5) is 20.6 Å². The number of anilines is 2. The minimum atomic E-state index is -0.788. The van der Waals surface area contributed by atoms with Gasteiger partial charge in [-0.2, -0.15) is 0 Å². The molecule has 8 heteroatoms. The van der Waals surface area contributed by atoms with Gasteiger partial charge in [0.05, 0.1) is 19.8 Å². The molecule has 2 N–H and O–H groups in total. The highest BCUT2D eigenvalue weighted by Crippen LogP contribution is 2.23. The number of rotatable bonds is 6. The Morgan fingerprint density at radius 3 is 2.58 bits per heavy atom. The van der Waals surface area contributed by atoms with E-state index in [-0.39, 0.29) is 12.5 Å². The van der Waals surface area contributed by atoms with Crippen LogP contribution in [0.3, 0.4) is 0 Å². The number of carbonyl (C=O) groups excluding carboxylic acids is 2. The van der Waals surface area contributed by atoms with Gasteiger partial charge in [-0.3, -0.25) is 4.79 Å². The smallest absolute Gasteiger partial charge is 0.407 e. The summed E-state index contributed by atoms with van der Waals surface area (Å²) in [6.45, 7) is 8.00. The van der Waals surface area contributed by atoms with Crippen molar-refractivity contribution in [1.82, 2.24) is 5.32 Å². The summed E-state index contributed by atoms with van der Waals surface area (Å²) in [5.74, 6) is -1.03. The van der Waals surface area contributed by atoms with Gasteiger partial charge < -0.3 is 25.0 Å². The molecule has 1 aromatic carbocycles. The molecule has 0 aliphatic carbocycles. The maximum absolute atomic E-state index is 14.0. The molecular weight excluding hydrogens is 341 g/mol. The van der Waals surface area contributed by atoms with Crippen LogP contribution in [0.25, 0.3) is 0 Å². The number of hydrogen-bond donors (Lipinski definition) is 2. The first kappa shape index (κ1) is 20.0. The fraction of sp³-hybridized carbons (Fsp3) is 0.556. The molecule has 1 aliphatic rings. The van der Waals surface area contributed by atoms with Crippen molar-refractivity contribution in [3.05, 3.63) is 24.0 Å². The van der Waals surface area contributed by atoms with Crippen LogP contribution < -0.4 is 15.5 Å². The van der Waals surface area contributed by atoms with Gasteiger partial charge in [-0.1, -0.05) is 13.8 Å². The van der Waals surface area contributed by atoms with E-state index >= 15 is 0 Å². The largest absolute Gasteiger partial charge is 0.450 e. The lowest BCUT2D eigenvalue weighted by Crippen LogP contribution is -2.47. The van der Waals surface area contributed by atoms with Crippen LogP contribution in [0, 0.1) is 11.7 Å². The molecule has 26 heavy (non-hydrogen) atoms. The van der Waals surface area contributed by atoms with E-state index in [1.54, 1.807) is 26.8 Å². The number of ether oxygens (including phenoxy) is 2. The first-order chi connectivity index (χ1) is 12.4. The predicted octanol–water partition coefficient (Wildman–Crippen LogP) is 2.37. The number of amides is 2. The van der Waals surface area contributed by atoms with E-state index in [9.17, 15) is 14.0 Å². The van der Waals surface area contributed by atoms with E-state index in [2.05, 4.69) is 10.6 Å². The van der Waals surface area contributed by atoms with E-state index in [4.69, 9.17) is 9.47 Å². The number of morpholine rings is 1. The Kier molecular flexibility index (Phi) is 7.20. The van der Waals surface area contributed by atoms with Crippen LogP contribution in [-0.2, 0) is 14.3 Å². The number of halogens is 1. The molecule has 7 nitrogen and oxygen atoms in total. The summed E-state index contributed by atoms with van der Waals surface area (Å²) < 4.78 is 24.1. The zero-order valence-electron chi connectivity index (χ0n) is 15.4. The highest BCUT2D eigenvalue weighted by atomic mass is 19.1. The molecule has 144 valence electrons. The van der Waals surface area contributed by atoms with Crippen LogP contribution in [0.1, 0.15) is 20.8 Å². The summed E-state index contributed by atoms with van der Waals surface area (Å²) in [5, 5.41) is 5.22. The lowest BCUT2D eigenvalue weighted by atomic mass is 10.0. The van der Waals surface area contributed by atoms with Gasteiger partial charge in [0, 0.05) is 24.5 Å². The maximum Gasteiger partial charge on any atom is 0.407 e. The maximum atomic E-state index is 14.0. The summed E-state index contributed by atoms with van der Waals surface area (Å²) >= 11 is 0. The molecular formula is C18H26FN3O4. The number of alkyl carbamates (subject to hydrolysis) is 1. The second kappa shape index (κ2) is 9.38. The van der Waals surface area contributed by atoms with Crippen LogP contribution >= 0.6 is 0 Å². The standard InChI is InChI=1S/C18H26FN3O4/c1-4-26-18(24)21-16(12(2)3)17(23)20-14-9-13(19)10-15(11-14)22-5-7-25-8-6-22/h9-12,16H,4-8H2,1-3H3,(H,20,23)(H,21,24). The summed E-state index contributed by atoms with van der Waals surface area (Å²) in [7, 11) is 0. The van der Waals surface area contributed by atoms with Gasteiger partial charge in [0.2, 0.25) is 5.91 Å². The molecule has 1 fully saturated rings. The summed E-state index contributed by atoms with van der Waals surface area (Å²) in [6, 6.07) is 3.61. The Morgan fingerprint density at radius 2 is 1.96 bits per heavy atom. The normalized spacial score (nSPS) is 15.5. The van der Waals surface area contributed by atoms with Gasteiger partial charge in [-0.25, -0.2) is 9.18 Å². The van der Waals surface area contributed by atoms with E-state index in [1.165, 1.54) is 12.1 Å². The van der Waals surface area contributed by atoms with Crippen molar-refractivity contribution < 1.29 is 23.5 Å². The number of hydrogen-bond acceptors (Lipinski definition) is 5.